The number of urea groups is 1. The third kappa shape index (κ3) is 5.10. The molecule has 120 valence electrons. The molecule has 0 unspecified atom stereocenters. The van der Waals surface area contributed by atoms with Crippen LogP contribution in [0.1, 0.15) is 18.1 Å². The zero-order valence-electron chi connectivity index (χ0n) is 13.0. The molecule has 2 amide bonds. The normalized spacial score (nSPS) is 10.6. The summed E-state index contributed by atoms with van der Waals surface area (Å²) in [7, 11) is 0. The zero-order chi connectivity index (χ0) is 16.7. The van der Waals surface area contributed by atoms with Crippen LogP contribution < -0.4 is 15.5 Å². The number of anilines is 1. The van der Waals surface area contributed by atoms with Crippen molar-refractivity contribution in [3.63, 3.8) is 0 Å². The van der Waals surface area contributed by atoms with E-state index < -0.39 is 6.03 Å². The van der Waals surface area contributed by atoms with Crippen molar-refractivity contribution in [3.8, 4) is 5.75 Å². The number of amides is 2. The topological polar surface area (TPSA) is 62.7 Å². The molecule has 2 N–H and O–H groups in total. The number of carbonyl (C=O) groups is 1. The Morgan fingerprint density at radius 2 is 2.09 bits per heavy atom. The van der Waals surface area contributed by atoms with E-state index in [2.05, 4.69) is 31.8 Å². The van der Waals surface area contributed by atoms with Gasteiger partial charge < -0.3 is 10.1 Å². The second kappa shape index (κ2) is 8.33. The lowest BCUT2D eigenvalue weighted by atomic mass is 10.2. The number of benzene rings is 2. The lowest BCUT2D eigenvalue weighted by Gasteiger charge is -2.08. The molecule has 5 nitrogen and oxygen atoms in total. The smallest absolute Gasteiger partial charge is 0.339 e. The third-order valence-corrected chi connectivity index (χ3v) is 3.53. The van der Waals surface area contributed by atoms with Crippen molar-refractivity contribution in [2.45, 2.75) is 13.8 Å². The van der Waals surface area contributed by atoms with Gasteiger partial charge in [0, 0.05) is 15.7 Å². The van der Waals surface area contributed by atoms with Crippen LogP contribution in [0, 0.1) is 6.92 Å². The molecule has 0 aliphatic rings. The van der Waals surface area contributed by atoms with Crippen LogP contribution >= 0.6 is 15.9 Å². The summed E-state index contributed by atoms with van der Waals surface area (Å²) in [5, 5.41) is 6.71. The Morgan fingerprint density at radius 1 is 1.30 bits per heavy atom. The maximum Gasteiger partial charge on any atom is 0.339 e. The molecular formula is C17H18BrN3O2. The van der Waals surface area contributed by atoms with Gasteiger partial charge in [-0.25, -0.2) is 10.2 Å². The Kier molecular flexibility index (Phi) is 6.17. The van der Waals surface area contributed by atoms with E-state index in [1.165, 1.54) is 0 Å². The van der Waals surface area contributed by atoms with Crippen molar-refractivity contribution in [1.29, 1.82) is 0 Å². The highest BCUT2D eigenvalue weighted by Gasteiger charge is 2.04. The van der Waals surface area contributed by atoms with Gasteiger partial charge in [0.25, 0.3) is 0 Å². The molecule has 23 heavy (non-hydrogen) atoms. The predicted octanol–water partition coefficient (Wildman–Crippen LogP) is 4.31. The average Bonchev–Trinajstić information content (AvgIpc) is 2.52. The van der Waals surface area contributed by atoms with Crippen LogP contribution in [0.5, 0.6) is 5.75 Å². The molecule has 0 spiro atoms. The fraction of sp³-hybridized carbons (Fsp3) is 0.176. The van der Waals surface area contributed by atoms with Gasteiger partial charge in [-0.15, -0.1) is 0 Å². The number of aryl methyl sites for hydroxylation is 1. The van der Waals surface area contributed by atoms with E-state index in [0.717, 1.165) is 21.3 Å². The van der Waals surface area contributed by atoms with E-state index in [-0.39, 0.29) is 0 Å². The van der Waals surface area contributed by atoms with E-state index in [0.29, 0.717) is 12.4 Å². The van der Waals surface area contributed by atoms with Crippen LogP contribution in [0.3, 0.4) is 0 Å². The standard InChI is InChI=1S/C17H18BrN3O2/c1-3-23-16-9-8-14(18)10-13(16)11-19-21-17(22)20-15-7-5-4-6-12(15)2/h4-11H,3H2,1-2H3,(H2,20,21,22). The molecule has 0 fully saturated rings. The van der Waals surface area contributed by atoms with Crippen molar-refractivity contribution in [2.75, 3.05) is 11.9 Å². The SMILES string of the molecule is CCOc1ccc(Br)cc1C=NNC(=O)Nc1ccccc1C. The molecule has 2 rings (SSSR count). The summed E-state index contributed by atoms with van der Waals surface area (Å²) >= 11 is 3.40. The molecular weight excluding hydrogens is 358 g/mol. The number of nitrogens with one attached hydrogen (secondary N) is 2. The lowest BCUT2D eigenvalue weighted by Crippen LogP contribution is -2.24. The monoisotopic (exact) mass is 375 g/mol. The van der Waals surface area contributed by atoms with Gasteiger partial charge in [0.05, 0.1) is 12.8 Å². The minimum absolute atomic E-state index is 0.400. The summed E-state index contributed by atoms with van der Waals surface area (Å²) in [6, 6.07) is 12.7. The van der Waals surface area contributed by atoms with Crippen LogP contribution in [-0.2, 0) is 0 Å². The number of para-hydroxylation sites is 1. The first-order valence-electron chi connectivity index (χ1n) is 7.18. The molecule has 2 aromatic rings. The van der Waals surface area contributed by atoms with E-state index in [1.807, 2.05) is 56.3 Å². The zero-order valence-corrected chi connectivity index (χ0v) is 14.6. The van der Waals surface area contributed by atoms with Crippen LogP contribution in [-0.4, -0.2) is 18.9 Å². The first-order chi connectivity index (χ1) is 11.1. The maximum atomic E-state index is 11.9. The van der Waals surface area contributed by atoms with Crippen LogP contribution in [0.4, 0.5) is 10.5 Å². The second-order valence-electron chi connectivity index (χ2n) is 4.75. The highest BCUT2D eigenvalue weighted by molar-refractivity contribution is 9.10. The Morgan fingerprint density at radius 3 is 2.83 bits per heavy atom. The van der Waals surface area contributed by atoms with E-state index in [1.54, 1.807) is 6.21 Å². The summed E-state index contributed by atoms with van der Waals surface area (Å²) in [6.45, 7) is 4.40. The van der Waals surface area contributed by atoms with E-state index in [9.17, 15) is 4.79 Å². The third-order valence-electron chi connectivity index (χ3n) is 3.03. The van der Waals surface area contributed by atoms with Crippen molar-refractivity contribution in [1.82, 2.24) is 5.43 Å². The molecule has 0 bridgehead atoms. The number of hydrogen-bond donors (Lipinski definition) is 2. The van der Waals surface area contributed by atoms with Gasteiger partial charge in [0.2, 0.25) is 0 Å². The molecule has 0 saturated carbocycles. The van der Waals surface area contributed by atoms with Gasteiger partial charge in [0.1, 0.15) is 5.75 Å². The van der Waals surface area contributed by atoms with Crippen LogP contribution in [0.15, 0.2) is 52.0 Å². The Hall–Kier alpha value is -2.34. The molecule has 6 heteroatoms. The van der Waals surface area contributed by atoms with Crippen molar-refractivity contribution in [2.24, 2.45) is 5.10 Å². The molecule has 0 aliphatic carbocycles. The van der Waals surface area contributed by atoms with Gasteiger partial charge in [-0.05, 0) is 43.7 Å². The molecule has 0 atom stereocenters. The van der Waals surface area contributed by atoms with E-state index >= 15 is 0 Å². The van der Waals surface area contributed by atoms with Gasteiger partial charge in [-0.3, -0.25) is 0 Å². The Bertz CT molecular complexity index is 717. The predicted molar refractivity (Wildman–Crippen MR) is 96.2 cm³/mol. The van der Waals surface area contributed by atoms with Gasteiger partial charge >= 0.3 is 6.03 Å². The summed E-state index contributed by atoms with van der Waals surface area (Å²) in [4.78, 5) is 11.9. The molecule has 0 radical (unpaired) electrons. The number of nitrogens with zero attached hydrogens (tertiary/aromatic N) is 1. The fourth-order valence-corrected chi connectivity index (χ4v) is 2.31. The molecule has 0 saturated heterocycles. The minimum atomic E-state index is -0.400. The average molecular weight is 376 g/mol. The number of carbonyl (C=O) groups excluding carboxylic acids is 1. The molecule has 0 aliphatic heterocycles. The van der Waals surface area contributed by atoms with Crippen LogP contribution in [0.2, 0.25) is 0 Å². The van der Waals surface area contributed by atoms with Gasteiger partial charge in [0.15, 0.2) is 0 Å². The highest BCUT2D eigenvalue weighted by atomic mass is 79.9. The summed E-state index contributed by atoms with van der Waals surface area (Å²) in [6.07, 6.45) is 1.55. The summed E-state index contributed by atoms with van der Waals surface area (Å²) < 4.78 is 6.43. The van der Waals surface area contributed by atoms with Crippen molar-refractivity contribution in [3.05, 3.63) is 58.1 Å². The minimum Gasteiger partial charge on any atom is -0.493 e. The number of halogens is 1. The summed E-state index contributed by atoms with van der Waals surface area (Å²) in [5.74, 6) is 0.709. The van der Waals surface area contributed by atoms with Gasteiger partial charge in [-0.2, -0.15) is 5.10 Å². The van der Waals surface area contributed by atoms with Crippen molar-refractivity contribution < 1.29 is 9.53 Å². The number of hydrogen-bond acceptors (Lipinski definition) is 3. The first-order valence-corrected chi connectivity index (χ1v) is 7.97. The molecule has 0 aromatic heterocycles. The molecule has 0 heterocycles. The quantitative estimate of drug-likeness (QED) is 0.603. The Labute approximate surface area is 143 Å². The van der Waals surface area contributed by atoms with Gasteiger partial charge in [-0.1, -0.05) is 34.1 Å². The number of rotatable bonds is 5. The second-order valence-corrected chi connectivity index (χ2v) is 5.67. The summed E-state index contributed by atoms with van der Waals surface area (Å²) in [5.41, 5.74) is 4.95. The van der Waals surface area contributed by atoms with E-state index in [4.69, 9.17) is 4.74 Å². The first kappa shape index (κ1) is 17.0. The number of hydrazone groups is 1. The molecule has 2 aromatic carbocycles. The van der Waals surface area contributed by atoms with Crippen molar-refractivity contribution >= 4 is 33.9 Å². The lowest BCUT2D eigenvalue weighted by molar-refractivity contribution is 0.252. The highest BCUT2D eigenvalue weighted by Crippen LogP contribution is 2.21. The fourth-order valence-electron chi connectivity index (χ4n) is 1.93. The Balaban J connectivity index is 2.00. The largest absolute Gasteiger partial charge is 0.493 e. The number of ether oxygens (including phenoxy) is 1. The van der Waals surface area contributed by atoms with Crippen LogP contribution in [0.25, 0.3) is 0 Å². The maximum absolute atomic E-state index is 11.9.